The minimum absolute atomic E-state index is 0.673. The number of hydrogen-bond acceptors (Lipinski definition) is 3. The second-order valence-corrected chi connectivity index (χ2v) is 5.31. The summed E-state index contributed by atoms with van der Waals surface area (Å²) < 4.78 is 5.13. The van der Waals surface area contributed by atoms with Crippen molar-refractivity contribution in [2.24, 2.45) is 0 Å². The third kappa shape index (κ3) is 2.89. The summed E-state index contributed by atoms with van der Waals surface area (Å²) in [6, 6.07) is 7.82. The predicted molar refractivity (Wildman–Crippen MR) is 73.3 cm³/mol. The van der Waals surface area contributed by atoms with Crippen molar-refractivity contribution in [3.05, 3.63) is 29.8 Å². The van der Waals surface area contributed by atoms with Crippen LogP contribution in [-0.2, 0) is 11.3 Å². The highest BCUT2D eigenvalue weighted by Crippen LogP contribution is 2.30. The predicted octanol–water partition coefficient (Wildman–Crippen LogP) is 2.52. The molecular weight excluding hydrogens is 242 g/mol. The van der Waals surface area contributed by atoms with Crippen molar-refractivity contribution in [2.45, 2.75) is 38.3 Å². The lowest BCUT2D eigenvalue weighted by Crippen LogP contribution is -2.54. The molecule has 19 heavy (non-hydrogen) atoms. The van der Waals surface area contributed by atoms with Gasteiger partial charge in [-0.3, -0.25) is 9.69 Å². The van der Waals surface area contributed by atoms with Crippen LogP contribution in [-0.4, -0.2) is 35.2 Å². The van der Waals surface area contributed by atoms with Gasteiger partial charge in [-0.1, -0.05) is 12.1 Å². The van der Waals surface area contributed by atoms with Gasteiger partial charge < -0.3 is 9.84 Å². The van der Waals surface area contributed by atoms with E-state index in [2.05, 4.69) is 4.90 Å². The molecule has 0 radical (unpaired) electrons. The number of methoxy groups -OCH3 is 1. The molecule has 0 saturated carbocycles. The summed E-state index contributed by atoms with van der Waals surface area (Å²) >= 11 is 0. The molecule has 4 heteroatoms. The third-order valence-electron chi connectivity index (χ3n) is 4.03. The highest BCUT2D eigenvalue weighted by atomic mass is 16.5. The molecule has 0 bridgehead atoms. The summed E-state index contributed by atoms with van der Waals surface area (Å²) in [6.07, 6.45) is 2.78. The molecule has 1 atom stereocenters. The number of benzene rings is 1. The Morgan fingerprint density at radius 1 is 1.37 bits per heavy atom. The van der Waals surface area contributed by atoms with Crippen molar-refractivity contribution in [3.63, 3.8) is 0 Å². The Kier molecular flexibility index (Phi) is 4.10. The minimum Gasteiger partial charge on any atom is -0.497 e. The van der Waals surface area contributed by atoms with Crippen LogP contribution in [0.15, 0.2) is 24.3 Å². The first-order valence-electron chi connectivity index (χ1n) is 6.67. The summed E-state index contributed by atoms with van der Waals surface area (Å²) in [5.74, 6) is 0.101. The van der Waals surface area contributed by atoms with Crippen molar-refractivity contribution < 1.29 is 14.6 Å². The standard InChI is InChI=1S/C15H21NO3/c1-15(14(17)18)9-3-4-10-16(15)11-12-5-7-13(19-2)8-6-12/h5-8H,3-4,9-11H2,1-2H3,(H,17,18). The lowest BCUT2D eigenvalue weighted by atomic mass is 9.88. The van der Waals surface area contributed by atoms with E-state index in [9.17, 15) is 9.90 Å². The number of ether oxygens (including phenoxy) is 1. The Hall–Kier alpha value is -1.55. The van der Waals surface area contributed by atoms with Gasteiger partial charge in [0, 0.05) is 6.54 Å². The number of rotatable bonds is 4. The monoisotopic (exact) mass is 263 g/mol. The number of hydrogen-bond donors (Lipinski definition) is 1. The Bertz CT molecular complexity index is 443. The molecule has 1 aromatic rings. The maximum absolute atomic E-state index is 11.5. The summed E-state index contributed by atoms with van der Waals surface area (Å²) in [7, 11) is 1.64. The van der Waals surface area contributed by atoms with Gasteiger partial charge >= 0.3 is 5.97 Å². The lowest BCUT2D eigenvalue weighted by Gasteiger charge is -2.41. The quantitative estimate of drug-likeness (QED) is 0.907. The number of carboxylic acid groups (broad SMARTS) is 1. The van der Waals surface area contributed by atoms with Gasteiger partial charge in [-0.25, -0.2) is 0 Å². The van der Waals surface area contributed by atoms with Gasteiger partial charge in [0.1, 0.15) is 11.3 Å². The van der Waals surface area contributed by atoms with Gasteiger partial charge in [-0.2, -0.15) is 0 Å². The zero-order valence-corrected chi connectivity index (χ0v) is 11.6. The normalized spacial score (nSPS) is 24.1. The largest absolute Gasteiger partial charge is 0.497 e. The van der Waals surface area contributed by atoms with Crippen LogP contribution in [0.4, 0.5) is 0 Å². The lowest BCUT2D eigenvalue weighted by molar-refractivity contribution is -0.153. The van der Waals surface area contributed by atoms with E-state index in [0.29, 0.717) is 6.54 Å². The third-order valence-corrected chi connectivity index (χ3v) is 4.03. The van der Waals surface area contributed by atoms with Crippen LogP contribution in [0.3, 0.4) is 0 Å². The fourth-order valence-corrected chi connectivity index (χ4v) is 2.62. The molecule has 4 nitrogen and oxygen atoms in total. The Balaban J connectivity index is 2.12. The van der Waals surface area contributed by atoms with Crippen LogP contribution in [0.1, 0.15) is 31.7 Å². The maximum Gasteiger partial charge on any atom is 0.323 e. The first-order chi connectivity index (χ1) is 9.06. The number of aliphatic carboxylic acids is 1. The van der Waals surface area contributed by atoms with E-state index in [4.69, 9.17) is 4.74 Å². The molecule has 1 fully saturated rings. The minimum atomic E-state index is -0.738. The van der Waals surface area contributed by atoms with Crippen LogP contribution in [0.5, 0.6) is 5.75 Å². The molecule has 0 aromatic heterocycles. The zero-order chi connectivity index (χ0) is 13.9. The molecule has 1 aliphatic rings. The van der Waals surface area contributed by atoms with Crippen molar-refractivity contribution in [1.82, 2.24) is 4.90 Å². The first kappa shape index (κ1) is 13.9. The van der Waals surface area contributed by atoms with E-state index in [1.165, 1.54) is 0 Å². The Labute approximate surface area is 114 Å². The van der Waals surface area contributed by atoms with Crippen molar-refractivity contribution in [1.29, 1.82) is 0 Å². The van der Waals surface area contributed by atoms with E-state index < -0.39 is 11.5 Å². The van der Waals surface area contributed by atoms with Crippen molar-refractivity contribution in [3.8, 4) is 5.75 Å². The smallest absolute Gasteiger partial charge is 0.323 e. The molecule has 1 aliphatic heterocycles. The van der Waals surface area contributed by atoms with Gasteiger partial charge in [0.2, 0.25) is 0 Å². The topological polar surface area (TPSA) is 49.8 Å². The molecule has 1 saturated heterocycles. The molecule has 104 valence electrons. The Morgan fingerprint density at radius 2 is 2.05 bits per heavy atom. The molecule has 1 aromatic carbocycles. The highest BCUT2D eigenvalue weighted by Gasteiger charge is 2.40. The van der Waals surface area contributed by atoms with Crippen molar-refractivity contribution in [2.75, 3.05) is 13.7 Å². The molecule has 1 N–H and O–H groups in total. The fourth-order valence-electron chi connectivity index (χ4n) is 2.62. The van der Waals surface area contributed by atoms with Gasteiger partial charge in [-0.05, 0) is 50.4 Å². The van der Waals surface area contributed by atoms with Crippen molar-refractivity contribution >= 4 is 5.97 Å². The summed E-state index contributed by atoms with van der Waals surface area (Å²) in [6.45, 7) is 3.35. The van der Waals surface area contributed by atoms with E-state index in [-0.39, 0.29) is 0 Å². The first-order valence-corrected chi connectivity index (χ1v) is 6.67. The van der Waals surface area contributed by atoms with E-state index in [1.807, 2.05) is 31.2 Å². The van der Waals surface area contributed by atoms with Crippen LogP contribution in [0, 0.1) is 0 Å². The van der Waals surface area contributed by atoms with E-state index in [0.717, 1.165) is 37.1 Å². The van der Waals surface area contributed by atoms with Gasteiger partial charge in [0.25, 0.3) is 0 Å². The molecule has 2 rings (SSSR count). The number of nitrogens with zero attached hydrogens (tertiary/aromatic N) is 1. The molecule has 0 amide bonds. The average Bonchev–Trinajstić information content (AvgIpc) is 2.42. The molecule has 0 spiro atoms. The maximum atomic E-state index is 11.5. The summed E-state index contributed by atoms with van der Waals surface area (Å²) in [5.41, 5.74) is 0.383. The zero-order valence-electron chi connectivity index (χ0n) is 11.6. The van der Waals surface area contributed by atoms with E-state index in [1.54, 1.807) is 7.11 Å². The number of carbonyl (C=O) groups is 1. The van der Waals surface area contributed by atoms with Crippen LogP contribution in [0.25, 0.3) is 0 Å². The van der Waals surface area contributed by atoms with Gasteiger partial charge in [0.15, 0.2) is 0 Å². The van der Waals surface area contributed by atoms with Gasteiger partial charge in [-0.15, -0.1) is 0 Å². The second kappa shape index (κ2) is 5.61. The summed E-state index contributed by atoms with van der Waals surface area (Å²) in [4.78, 5) is 13.6. The van der Waals surface area contributed by atoms with Gasteiger partial charge in [0.05, 0.1) is 7.11 Å². The van der Waals surface area contributed by atoms with Crippen LogP contribution in [0.2, 0.25) is 0 Å². The molecular formula is C15H21NO3. The van der Waals surface area contributed by atoms with E-state index >= 15 is 0 Å². The average molecular weight is 263 g/mol. The number of piperidine rings is 1. The molecule has 0 aliphatic carbocycles. The summed E-state index contributed by atoms with van der Waals surface area (Å²) in [5, 5.41) is 9.47. The number of likely N-dealkylation sites (tertiary alicyclic amines) is 1. The number of carboxylic acids is 1. The second-order valence-electron chi connectivity index (χ2n) is 5.31. The SMILES string of the molecule is COc1ccc(CN2CCCCC2(C)C(=O)O)cc1. The highest BCUT2D eigenvalue weighted by molar-refractivity contribution is 5.78. The molecule has 1 unspecified atom stereocenters. The van der Waals surface area contributed by atoms with Crippen LogP contribution < -0.4 is 4.74 Å². The fraction of sp³-hybridized carbons (Fsp3) is 0.533. The molecule has 1 heterocycles. The Morgan fingerprint density at radius 3 is 2.63 bits per heavy atom. The van der Waals surface area contributed by atoms with Crippen LogP contribution >= 0.6 is 0 Å².